The first-order valence-electron chi connectivity index (χ1n) is 6.76. The van der Waals surface area contributed by atoms with Gasteiger partial charge < -0.3 is 5.11 Å². The summed E-state index contributed by atoms with van der Waals surface area (Å²) in [7, 11) is 0. The van der Waals surface area contributed by atoms with Crippen molar-refractivity contribution in [3.05, 3.63) is 77.0 Å². The van der Waals surface area contributed by atoms with Crippen LogP contribution in [0.4, 0.5) is 0 Å². The van der Waals surface area contributed by atoms with E-state index in [4.69, 9.17) is 0 Å². The summed E-state index contributed by atoms with van der Waals surface area (Å²) in [6, 6.07) is 17.9. The smallest absolute Gasteiger partial charge is 0.105 e. The lowest BCUT2D eigenvalue weighted by atomic mass is 9.97. The van der Waals surface area contributed by atoms with E-state index in [1.54, 1.807) is 0 Å². The van der Waals surface area contributed by atoms with E-state index in [9.17, 15) is 5.11 Å². The van der Waals surface area contributed by atoms with Gasteiger partial charge in [0.2, 0.25) is 0 Å². The summed E-state index contributed by atoms with van der Waals surface area (Å²) in [6.07, 6.45) is -0.623. The number of hydrogen-bond donors (Lipinski definition) is 1. The number of aryl methyl sites for hydroxylation is 2. The van der Waals surface area contributed by atoms with Crippen LogP contribution in [0.3, 0.4) is 0 Å². The van der Waals surface area contributed by atoms with Crippen LogP contribution in [0, 0.1) is 13.8 Å². The minimum absolute atomic E-state index is 0.623. The molecule has 1 aromatic heterocycles. The summed E-state index contributed by atoms with van der Waals surface area (Å²) in [4.78, 5) is 4.52. The normalized spacial score (nSPS) is 12.6. The van der Waals surface area contributed by atoms with Gasteiger partial charge in [0.1, 0.15) is 6.10 Å². The number of aliphatic hydroxyl groups is 1. The largest absolute Gasteiger partial charge is 0.384 e. The molecule has 0 spiro atoms. The summed E-state index contributed by atoms with van der Waals surface area (Å²) < 4.78 is 0. The molecule has 0 bridgehead atoms. The van der Waals surface area contributed by atoms with E-state index in [-0.39, 0.29) is 0 Å². The van der Waals surface area contributed by atoms with Crippen molar-refractivity contribution in [1.82, 2.24) is 4.98 Å². The molecule has 0 aliphatic heterocycles. The van der Waals surface area contributed by atoms with Crippen LogP contribution in [-0.4, -0.2) is 10.1 Å². The Bertz CT molecular complexity index is 747. The number of para-hydroxylation sites is 1. The molecule has 100 valence electrons. The molecule has 3 rings (SSSR count). The van der Waals surface area contributed by atoms with Gasteiger partial charge >= 0.3 is 0 Å². The van der Waals surface area contributed by atoms with E-state index >= 15 is 0 Å². The molecule has 0 aliphatic rings. The number of hydrogen-bond acceptors (Lipinski definition) is 2. The highest BCUT2D eigenvalue weighted by atomic mass is 16.3. The fourth-order valence-corrected chi connectivity index (χ4v) is 2.49. The highest BCUT2D eigenvalue weighted by Gasteiger charge is 2.14. The first kappa shape index (κ1) is 12.8. The molecule has 3 aromatic rings. The molecule has 0 aliphatic carbocycles. The van der Waals surface area contributed by atoms with Gasteiger partial charge in [0.25, 0.3) is 0 Å². The summed E-state index contributed by atoms with van der Waals surface area (Å²) in [5.41, 5.74) is 4.86. The topological polar surface area (TPSA) is 33.1 Å². The van der Waals surface area contributed by atoms with Crippen molar-refractivity contribution in [2.24, 2.45) is 0 Å². The average molecular weight is 263 g/mol. The van der Waals surface area contributed by atoms with E-state index in [0.29, 0.717) is 0 Å². The van der Waals surface area contributed by atoms with E-state index in [0.717, 1.165) is 27.7 Å². The van der Waals surface area contributed by atoms with Crippen LogP contribution in [0.15, 0.2) is 54.6 Å². The molecule has 2 aromatic carbocycles. The fraction of sp³-hybridized carbons (Fsp3) is 0.167. The second-order valence-corrected chi connectivity index (χ2v) is 5.18. The second kappa shape index (κ2) is 5.06. The number of aromatic nitrogens is 1. The molecular weight excluding hydrogens is 246 g/mol. The maximum atomic E-state index is 10.7. The van der Waals surface area contributed by atoms with E-state index in [2.05, 4.69) is 4.98 Å². The summed E-state index contributed by atoms with van der Waals surface area (Å²) in [5.74, 6) is 0. The second-order valence-electron chi connectivity index (χ2n) is 5.18. The first-order chi connectivity index (χ1) is 9.65. The van der Waals surface area contributed by atoms with Crippen LogP contribution in [0.25, 0.3) is 10.9 Å². The predicted molar refractivity (Wildman–Crippen MR) is 81.7 cm³/mol. The number of fused-ring (bicyclic) bond motifs is 1. The monoisotopic (exact) mass is 263 g/mol. The van der Waals surface area contributed by atoms with Crippen molar-refractivity contribution in [2.45, 2.75) is 20.0 Å². The molecule has 0 saturated heterocycles. The molecule has 2 nitrogen and oxygen atoms in total. The Morgan fingerprint density at radius 2 is 1.65 bits per heavy atom. The summed E-state index contributed by atoms with van der Waals surface area (Å²) in [5, 5.41) is 11.7. The SMILES string of the molecule is Cc1ccc(C(O)c2cc(C)nc3ccccc23)cc1. The Labute approximate surface area is 118 Å². The van der Waals surface area contributed by atoms with E-state index in [1.807, 2.05) is 68.4 Å². The molecule has 1 N–H and O–H groups in total. The average Bonchev–Trinajstić information content (AvgIpc) is 2.46. The van der Waals surface area contributed by atoms with Gasteiger partial charge in [0, 0.05) is 11.1 Å². The number of rotatable bonds is 2. The molecule has 1 unspecified atom stereocenters. The van der Waals surface area contributed by atoms with E-state index in [1.165, 1.54) is 5.56 Å². The first-order valence-corrected chi connectivity index (χ1v) is 6.76. The van der Waals surface area contributed by atoms with Gasteiger partial charge in [0.05, 0.1) is 5.52 Å². The number of benzene rings is 2. The van der Waals surface area contributed by atoms with Crippen molar-refractivity contribution in [3.63, 3.8) is 0 Å². The molecule has 1 atom stereocenters. The van der Waals surface area contributed by atoms with Crippen molar-refractivity contribution >= 4 is 10.9 Å². The minimum atomic E-state index is -0.623. The van der Waals surface area contributed by atoms with Crippen LogP contribution < -0.4 is 0 Å². The Kier molecular flexibility index (Phi) is 3.25. The van der Waals surface area contributed by atoms with Gasteiger partial charge in [-0.25, -0.2) is 0 Å². The number of nitrogens with zero attached hydrogens (tertiary/aromatic N) is 1. The van der Waals surface area contributed by atoms with Crippen molar-refractivity contribution < 1.29 is 5.11 Å². The van der Waals surface area contributed by atoms with Crippen molar-refractivity contribution in [1.29, 1.82) is 0 Å². The third kappa shape index (κ3) is 2.30. The van der Waals surface area contributed by atoms with Crippen LogP contribution >= 0.6 is 0 Å². The summed E-state index contributed by atoms with van der Waals surface area (Å²) >= 11 is 0. The third-order valence-electron chi connectivity index (χ3n) is 3.56. The van der Waals surface area contributed by atoms with Gasteiger partial charge in [0.15, 0.2) is 0 Å². The Morgan fingerprint density at radius 1 is 0.950 bits per heavy atom. The Morgan fingerprint density at radius 3 is 2.40 bits per heavy atom. The Hall–Kier alpha value is -2.19. The highest BCUT2D eigenvalue weighted by Crippen LogP contribution is 2.28. The third-order valence-corrected chi connectivity index (χ3v) is 3.56. The molecule has 0 radical (unpaired) electrons. The van der Waals surface area contributed by atoms with Crippen molar-refractivity contribution in [2.75, 3.05) is 0 Å². The van der Waals surface area contributed by atoms with E-state index < -0.39 is 6.10 Å². The van der Waals surface area contributed by atoms with Crippen LogP contribution in [0.5, 0.6) is 0 Å². The van der Waals surface area contributed by atoms with Crippen LogP contribution in [0.1, 0.15) is 28.5 Å². The number of aliphatic hydroxyl groups excluding tert-OH is 1. The maximum absolute atomic E-state index is 10.7. The van der Waals surface area contributed by atoms with Gasteiger partial charge in [-0.05, 0) is 37.1 Å². The standard InChI is InChI=1S/C18H17NO/c1-12-7-9-14(10-8-12)18(20)16-11-13(2)19-17-6-4-3-5-15(16)17/h3-11,18,20H,1-2H3. The van der Waals surface area contributed by atoms with Crippen LogP contribution in [0.2, 0.25) is 0 Å². The molecular formula is C18H17NO. The molecule has 2 heteroatoms. The predicted octanol–water partition coefficient (Wildman–Crippen LogP) is 3.93. The zero-order valence-corrected chi connectivity index (χ0v) is 11.7. The molecule has 0 amide bonds. The molecule has 1 heterocycles. The molecule has 0 saturated carbocycles. The maximum Gasteiger partial charge on any atom is 0.105 e. The zero-order valence-electron chi connectivity index (χ0n) is 11.7. The lowest BCUT2D eigenvalue weighted by Gasteiger charge is -2.15. The van der Waals surface area contributed by atoms with Crippen LogP contribution in [-0.2, 0) is 0 Å². The molecule has 0 fully saturated rings. The van der Waals surface area contributed by atoms with Gasteiger partial charge in [-0.1, -0.05) is 48.0 Å². The van der Waals surface area contributed by atoms with Gasteiger partial charge in [-0.3, -0.25) is 4.98 Å². The summed E-state index contributed by atoms with van der Waals surface area (Å²) in [6.45, 7) is 4.00. The number of pyridine rings is 1. The zero-order chi connectivity index (χ0) is 14.1. The molecule has 20 heavy (non-hydrogen) atoms. The Balaban J connectivity index is 2.15. The van der Waals surface area contributed by atoms with Crippen molar-refractivity contribution in [3.8, 4) is 0 Å². The highest BCUT2D eigenvalue weighted by molar-refractivity contribution is 5.83. The van der Waals surface area contributed by atoms with Gasteiger partial charge in [-0.2, -0.15) is 0 Å². The fourth-order valence-electron chi connectivity index (χ4n) is 2.49. The lowest BCUT2D eigenvalue weighted by Crippen LogP contribution is -2.02. The lowest BCUT2D eigenvalue weighted by molar-refractivity contribution is 0.221. The minimum Gasteiger partial charge on any atom is -0.384 e. The quantitative estimate of drug-likeness (QED) is 0.760. The van der Waals surface area contributed by atoms with Gasteiger partial charge in [-0.15, -0.1) is 0 Å².